The summed E-state index contributed by atoms with van der Waals surface area (Å²) in [4.78, 5) is 23.2. The number of benzene rings is 1. The van der Waals surface area contributed by atoms with Gasteiger partial charge in [0.2, 0.25) is 5.91 Å². The number of carbonyl (C=O) groups excluding carboxylic acids is 2. The Morgan fingerprint density at radius 3 is 2.40 bits per heavy atom. The molecule has 0 saturated heterocycles. The van der Waals surface area contributed by atoms with Crippen LogP contribution in [0.15, 0.2) is 18.2 Å². The minimum Gasteiger partial charge on any atom is -0.465 e. The minimum absolute atomic E-state index is 0.0748. The third-order valence-corrected chi connectivity index (χ3v) is 2.67. The average molecular weight is 279 g/mol. The maximum absolute atomic E-state index is 11.8. The first-order valence-electron chi connectivity index (χ1n) is 6.40. The standard InChI is InChI=1S/C14H21N3O3/c1-8(2)16-13(18)9(3)17-12-6-5-10(7-11(12)15)14(19)20-4/h5-9,17H,15H2,1-4H3,(H,16,18). The summed E-state index contributed by atoms with van der Waals surface area (Å²) in [5, 5.41) is 5.81. The molecule has 1 unspecified atom stereocenters. The SMILES string of the molecule is COC(=O)c1ccc(NC(C)C(=O)NC(C)C)c(N)c1. The quantitative estimate of drug-likeness (QED) is 0.559. The number of nitrogens with one attached hydrogen (secondary N) is 2. The summed E-state index contributed by atoms with van der Waals surface area (Å²) >= 11 is 0. The normalized spacial score (nSPS) is 11.8. The molecule has 0 spiro atoms. The Morgan fingerprint density at radius 2 is 1.90 bits per heavy atom. The van der Waals surface area contributed by atoms with Crippen LogP contribution in [0.4, 0.5) is 11.4 Å². The highest BCUT2D eigenvalue weighted by molar-refractivity contribution is 5.92. The molecule has 1 aromatic carbocycles. The van der Waals surface area contributed by atoms with Crippen molar-refractivity contribution in [1.82, 2.24) is 5.32 Å². The first kappa shape index (κ1) is 15.8. The Balaban J connectivity index is 2.78. The van der Waals surface area contributed by atoms with Crippen molar-refractivity contribution in [1.29, 1.82) is 0 Å². The first-order chi connectivity index (χ1) is 9.35. The summed E-state index contributed by atoms with van der Waals surface area (Å²) in [5.41, 5.74) is 7.22. The molecule has 110 valence electrons. The largest absolute Gasteiger partial charge is 0.465 e. The van der Waals surface area contributed by atoms with Crippen LogP contribution in [0.2, 0.25) is 0 Å². The second-order valence-corrected chi connectivity index (χ2v) is 4.82. The first-order valence-corrected chi connectivity index (χ1v) is 6.40. The maximum atomic E-state index is 11.8. The molecular formula is C14H21N3O3. The van der Waals surface area contributed by atoms with Crippen molar-refractivity contribution in [2.45, 2.75) is 32.9 Å². The molecule has 0 saturated carbocycles. The highest BCUT2D eigenvalue weighted by Crippen LogP contribution is 2.21. The van der Waals surface area contributed by atoms with Gasteiger partial charge in [0.25, 0.3) is 0 Å². The van der Waals surface area contributed by atoms with Crippen LogP contribution in [0.3, 0.4) is 0 Å². The molecule has 0 aromatic heterocycles. The van der Waals surface area contributed by atoms with Gasteiger partial charge in [-0.2, -0.15) is 0 Å². The second kappa shape index (κ2) is 6.79. The van der Waals surface area contributed by atoms with Crippen LogP contribution in [0.1, 0.15) is 31.1 Å². The van der Waals surface area contributed by atoms with Gasteiger partial charge in [0.15, 0.2) is 0 Å². The number of hydrogen-bond donors (Lipinski definition) is 3. The van der Waals surface area contributed by atoms with Crippen LogP contribution in [0, 0.1) is 0 Å². The van der Waals surface area contributed by atoms with E-state index < -0.39 is 12.0 Å². The van der Waals surface area contributed by atoms with Gasteiger partial charge in [-0.1, -0.05) is 0 Å². The van der Waals surface area contributed by atoms with Gasteiger partial charge in [0.1, 0.15) is 6.04 Å². The van der Waals surface area contributed by atoms with E-state index >= 15 is 0 Å². The highest BCUT2D eigenvalue weighted by Gasteiger charge is 2.15. The third-order valence-electron chi connectivity index (χ3n) is 2.67. The van der Waals surface area contributed by atoms with Gasteiger partial charge < -0.3 is 21.1 Å². The van der Waals surface area contributed by atoms with Gasteiger partial charge in [0, 0.05) is 6.04 Å². The van der Waals surface area contributed by atoms with Crippen LogP contribution in [0.5, 0.6) is 0 Å². The van der Waals surface area contributed by atoms with E-state index in [4.69, 9.17) is 5.73 Å². The van der Waals surface area contributed by atoms with Gasteiger partial charge in [-0.3, -0.25) is 4.79 Å². The number of hydrogen-bond acceptors (Lipinski definition) is 5. The lowest BCUT2D eigenvalue weighted by molar-refractivity contribution is -0.122. The van der Waals surface area contributed by atoms with Crippen LogP contribution >= 0.6 is 0 Å². The van der Waals surface area contributed by atoms with Crippen LogP contribution in [0.25, 0.3) is 0 Å². The molecule has 0 fully saturated rings. The molecule has 0 heterocycles. The molecule has 6 heteroatoms. The second-order valence-electron chi connectivity index (χ2n) is 4.82. The number of nitrogens with two attached hydrogens (primary N) is 1. The van der Waals surface area contributed by atoms with E-state index in [9.17, 15) is 9.59 Å². The molecule has 1 amide bonds. The molecule has 20 heavy (non-hydrogen) atoms. The number of nitrogen functional groups attached to an aromatic ring is 1. The van der Waals surface area contributed by atoms with Crippen molar-refractivity contribution in [3.05, 3.63) is 23.8 Å². The van der Waals surface area contributed by atoms with E-state index in [2.05, 4.69) is 15.4 Å². The molecule has 0 aliphatic rings. The molecule has 4 N–H and O–H groups in total. The van der Waals surface area contributed by atoms with Crippen LogP contribution < -0.4 is 16.4 Å². The van der Waals surface area contributed by atoms with Crippen molar-refractivity contribution >= 4 is 23.3 Å². The summed E-state index contributed by atoms with van der Waals surface area (Å²) in [7, 11) is 1.31. The highest BCUT2D eigenvalue weighted by atomic mass is 16.5. The maximum Gasteiger partial charge on any atom is 0.337 e. The Labute approximate surface area is 118 Å². The van der Waals surface area contributed by atoms with E-state index in [1.807, 2.05) is 13.8 Å². The molecule has 1 atom stereocenters. The van der Waals surface area contributed by atoms with Crippen molar-refractivity contribution in [2.24, 2.45) is 0 Å². The minimum atomic E-state index is -0.450. The van der Waals surface area contributed by atoms with Crippen LogP contribution in [-0.4, -0.2) is 31.1 Å². The van der Waals surface area contributed by atoms with Crippen molar-refractivity contribution in [3.8, 4) is 0 Å². The number of esters is 1. The summed E-state index contributed by atoms with van der Waals surface area (Å²) in [6.07, 6.45) is 0. The van der Waals surface area contributed by atoms with E-state index in [-0.39, 0.29) is 11.9 Å². The van der Waals surface area contributed by atoms with Crippen LogP contribution in [-0.2, 0) is 9.53 Å². The van der Waals surface area contributed by atoms with Crippen molar-refractivity contribution in [2.75, 3.05) is 18.2 Å². The van der Waals surface area contributed by atoms with Gasteiger partial charge in [-0.05, 0) is 39.0 Å². The molecule has 6 nitrogen and oxygen atoms in total. The number of rotatable bonds is 5. The molecule has 1 aromatic rings. The predicted molar refractivity (Wildman–Crippen MR) is 78.6 cm³/mol. The lowest BCUT2D eigenvalue weighted by Crippen LogP contribution is -2.41. The molecular weight excluding hydrogens is 258 g/mol. The Morgan fingerprint density at radius 1 is 1.25 bits per heavy atom. The fourth-order valence-corrected chi connectivity index (χ4v) is 1.65. The summed E-state index contributed by atoms with van der Waals surface area (Å²) in [6, 6.07) is 4.41. The topological polar surface area (TPSA) is 93.4 Å². The number of methoxy groups -OCH3 is 1. The molecule has 0 aliphatic heterocycles. The predicted octanol–water partition coefficient (Wildman–Crippen LogP) is 1.38. The average Bonchev–Trinajstić information content (AvgIpc) is 2.39. The van der Waals surface area contributed by atoms with E-state index in [1.54, 1.807) is 19.1 Å². The number of anilines is 2. The fourth-order valence-electron chi connectivity index (χ4n) is 1.65. The number of amides is 1. The zero-order valence-corrected chi connectivity index (χ0v) is 12.2. The van der Waals surface area contributed by atoms with Gasteiger partial charge in [-0.15, -0.1) is 0 Å². The Hall–Kier alpha value is -2.24. The Bertz CT molecular complexity index is 500. The number of carbonyl (C=O) groups is 2. The summed E-state index contributed by atoms with van der Waals surface area (Å²) in [5.74, 6) is -0.565. The summed E-state index contributed by atoms with van der Waals surface area (Å²) < 4.78 is 4.62. The third kappa shape index (κ3) is 4.15. The molecule has 0 bridgehead atoms. The summed E-state index contributed by atoms with van der Waals surface area (Å²) in [6.45, 7) is 5.53. The molecule has 1 rings (SSSR count). The number of ether oxygens (including phenoxy) is 1. The van der Waals surface area contributed by atoms with Gasteiger partial charge >= 0.3 is 5.97 Å². The van der Waals surface area contributed by atoms with Crippen molar-refractivity contribution in [3.63, 3.8) is 0 Å². The lowest BCUT2D eigenvalue weighted by atomic mass is 10.1. The lowest BCUT2D eigenvalue weighted by Gasteiger charge is -2.18. The van der Waals surface area contributed by atoms with Gasteiger partial charge in [0.05, 0.1) is 24.0 Å². The monoisotopic (exact) mass is 279 g/mol. The smallest absolute Gasteiger partial charge is 0.337 e. The molecule has 0 aliphatic carbocycles. The molecule has 0 radical (unpaired) electrons. The zero-order chi connectivity index (χ0) is 15.3. The van der Waals surface area contributed by atoms with E-state index in [1.165, 1.54) is 13.2 Å². The zero-order valence-electron chi connectivity index (χ0n) is 12.2. The van der Waals surface area contributed by atoms with E-state index in [0.29, 0.717) is 16.9 Å². The fraction of sp³-hybridized carbons (Fsp3) is 0.429. The van der Waals surface area contributed by atoms with Crippen molar-refractivity contribution < 1.29 is 14.3 Å². The Kier molecular flexibility index (Phi) is 5.37. The van der Waals surface area contributed by atoms with Gasteiger partial charge in [-0.25, -0.2) is 4.79 Å². The van der Waals surface area contributed by atoms with E-state index in [0.717, 1.165) is 0 Å².